The van der Waals surface area contributed by atoms with E-state index in [-0.39, 0.29) is 10.7 Å². The van der Waals surface area contributed by atoms with Crippen molar-refractivity contribution in [1.29, 1.82) is 0 Å². The molecule has 0 radical (unpaired) electrons. The maximum Gasteiger partial charge on any atom is 0.234 e. The summed E-state index contributed by atoms with van der Waals surface area (Å²) in [6.45, 7) is 2.14. The minimum atomic E-state index is -0.565. The molecule has 0 bridgehead atoms. The summed E-state index contributed by atoms with van der Waals surface area (Å²) >= 11 is 5.87. The lowest BCUT2D eigenvalue weighted by molar-refractivity contribution is -0.122. The number of primary amides is 1. The fourth-order valence-corrected chi connectivity index (χ4v) is 3.07. The van der Waals surface area contributed by atoms with Crippen molar-refractivity contribution < 1.29 is 13.9 Å². The van der Waals surface area contributed by atoms with E-state index in [4.69, 9.17) is 22.1 Å². The molecule has 0 fully saturated rings. The van der Waals surface area contributed by atoms with Crippen LogP contribution in [0.1, 0.15) is 12.5 Å². The van der Waals surface area contributed by atoms with Crippen LogP contribution in [0.5, 0.6) is 5.75 Å². The number of carbonyl (C=O) groups is 1. The van der Waals surface area contributed by atoms with Gasteiger partial charge in [0.1, 0.15) is 17.9 Å². The number of hydrogen-bond acceptors (Lipinski definition) is 6. The molecular weight excluding hydrogens is 397 g/mol. The Morgan fingerprint density at radius 3 is 2.83 bits per heavy atom. The number of hydrogen-bond donors (Lipinski definition) is 2. The zero-order chi connectivity index (χ0) is 21.1. The SMILES string of the molecule is COc1cc2ncnc(Nc3cccc(Cl)c3F)c2cc1CN(C)[C@H](C)C(N)=O. The van der Waals surface area contributed by atoms with Crippen molar-refractivity contribution in [3.05, 3.63) is 53.1 Å². The molecular formula is C20H21ClFN5O2. The first-order valence-corrected chi connectivity index (χ1v) is 9.21. The Hall–Kier alpha value is -2.97. The van der Waals surface area contributed by atoms with Crippen LogP contribution in [0.25, 0.3) is 10.9 Å². The van der Waals surface area contributed by atoms with Crippen LogP contribution in [0.4, 0.5) is 15.9 Å². The normalized spacial score (nSPS) is 12.2. The average molecular weight is 418 g/mol. The fraction of sp³-hybridized carbons (Fsp3) is 0.250. The summed E-state index contributed by atoms with van der Waals surface area (Å²) in [7, 11) is 3.35. The summed E-state index contributed by atoms with van der Waals surface area (Å²) in [4.78, 5) is 21.8. The van der Waals surface area contributed by atoms with E-state index in [1.165, 1.54) is 12.4 Å². The van der Waals surface area contributed by atoms with Gasteiger partial charge in [-0.3, -0.25) is 9.69 Å². The number of rotatable bonds is 7. The molecule has 29 heavy (non-hydrogen) atoms. The van der Waals surface area contributed by atoms with Crippen LogP contribution in [0, 0.1) is 5.82 Å². The van der Waals surface area contributed by atoms with Crippen LogP contribution < -0.4 is 15.8 Å². The number of nitrogens with zero attached hydrogens (tertiary/aromatic N) is 3. The second-order valence-electron chi connectivity index (χ2n) is 6.62. The highest BCUT2D eigenvalue weighted by Gasteiger charge is 2.18. The van der Waals surface area contributed by atoms with Crippen molar-refractivity contribution in [3.63, 3.8) is 0 Å². The van der Waals surface area contributed by atoms with Gasteiger partial charge in [-0.05, 0) is 32.2 Å². The molecule has 1 aromatic heterocycles. The average Bonchev–Trinajstić information content (AvgIpc) is 2.70. The molecule has 3 aromatic rings. The van der Waals surface area contributed by atoms with Crippen LogP contribution in [0.15, 0.2) is 36.7 Å². The van der Waals surface area contributed by atoms with Crippen LogP contribution in [0.3, 0.4) is 0 Å². The highest BCUT2D eigenvalue weighted by Crippen LogP contribution is 2.32. The molecule has 0 aliphatic heterocycles. The zero-order valence-electron chi connectivity index (χ0n) is 16.2. The first-order chi connectivity index (χ1) is 13.8. The molecule has 3 rings (SSSR count). The third-order valence-electron chi connectivity index (χ3n) is 4.73. The number of ether oxygens (including phenoxy) is 1. The van der Waals surface area contributed by atoms with Gasteiger partial charge in [-0.15, -0.1) is 0 Å². The lowest BCUT2D eigenvalue weighted by atomic mass is 10.1. The molecule has 1 atom stereocenters. The van der Waals surface area contributed by atoms with Crippen molar-refractivity contribution in [1.82, 2.24) is 14.9 Å². The lowest BCUT2D eigenvalue weighted by Crippen LogP contribution is -2.39. The summed E-state index contributed by atoms with van der Waals surface area (Å²) in [5, 5.41) is 3.66. The summed E-state index contributed by atoms with van der Waals surface area (Å²) in [6.07, 6.45) is 1.38. The Morgan fingerprint density at radius 1 is 1.38 bits per heavy atom. The maximum absolute atomic E-state index is 14.3. The van der Waals surface area contributed by atoms with Crippen molar-refractivity contribution in [3.8, 4) is 5.75 Å². The third-order valence-corrected chi connectivity index (χ3v) is 5.03. The molecule has 7 nitrogen and oxygen atoms in total. The second-order valence-corrected chi connectivity index (χ2v) is 7.03. The highest BCUT2D eigenvalue weighted by atomic mass is 35.5. The van der Waals surface area contributed by atoms with Gasteiger partial charge in [0, 0.05) is 23.6 Å². The number of methoxy groups -OCH3 is 1. The van der Waals surface area contributed by atoms with E-state index in [1.807, 2.05) is 6.07 Å². The van der Waals surface area contributed by atoms with E-state index < -0.39 is 17.8 Å². The smallest absolute Gasteiger partial charge is 0.234 e. The van der Waals surface area contributed by atoms with Gasteiger partial charge >= 0.3 is 0 Å². The van der Waals surface area contributed by atoms with E-state index in [0.717, 1.165) is 5.56 Å². The first kappa shape index (κ1) is 20.8. The molecule has 3 N–H and O–H groups in total. The number of fused-ring (bicyclic) bond motifs is 1. The Balaban J connectivity index is 2.04. The quantitative estimate of drug-likeness (QED) is 0.611. The minimum absolute atomic E-state index is 0.0118. The summed E-state index contributed by atoms with van der Waals surface area (Å²) < 4.78 is 19.8. The Labute approximate surface area is 172 Å². The number of benzene rings is 2. The topological polar surface area (TPSA) is 93.4 Å². The summed E-state index contributed by atoms with van der Waals surface area (Å²) in [5.41, 5.74) is 7.03. The molecule has 0 saturated carbocycles. The number of anilines is 2. The van der Waals surface area contributed by atoms with Crippen molar-refractivity contribution in [2.75, 3.05) is 19.5 Å². The standard InChI is InChI=1S/C20H21ClFN5O2/c1-11(19(23)28)27(2)9-12-7-13-16(8-17(12)29-3)24-10-25-20(13)26-15-6-4-5-14(21)18(15)22/h4-8,10-11H,9H2,1-3H3,(H2,23,28)(H,24,25,26)/t11-/m1/s1. The van der Waals surface area contributed by atoms with Crippen molar-refractivity contribution >= 4 is 39.9 Å². The van der Waals surface area contributed by atoms with E-state index in [2.05, 4.69) is 15.3 Å². The van der Waals surface area contributed by atoms with Crippen LogP contribution in [-0.4, -0.2) is 41.0 Å². The zero-order valence-corrected chi connectivity index (χ0v) is 17.0. The molecule has 0 aliphatic carbocycles. The van der Waals surface area contributed by atoms with Gasteiger partial charge in [0.2, 0.25) is 5.91 Å². The Morgan fingerprint density at radius 2 is 2.14 bits per heavy atom. The predicted molar refractivity (Wildman–Crippen MR) is 111 cm³/mol. The number of nitrogens with one attached hydrogen (secondary N) is 1. The number of amides is 1. The molecule has 2 aromatic carbocycles. The summed E-state index contributed by atoms with van der Waals surface area (Å²) in [6, 6.07) is 7.85. The number of halogens is 2. The predicted octanol–water partition coefficient (Wildman–Crippen LogP) is 3.48. The Bertz CT molecular complexity index is 1060. The highest BCUT2D eigenvalue weighted by molar-refractivity contribution is 6.31. The van der Waals surface area contributed by atoms with Crippen LogP contribution in [0.2, 0.25) is 5.02 Å². The van der Waals surface area contributed by atoms with E-state index >= 15 is 0 Å². The largest absolute Gasteiger partial charge is 0.496 e. The fourth-order valence-electron chi connectivity index (χ4n) is 2.89. The molecule has 1 heterocycles. The molecule has 152 valence electrons. The molecule has 9 heteroatoms. The maximum atomic E-state index is 14.3. The van der Waals surface area contributed by atoms with Crippen molar-refractivity contribution in [2.45, 2.75) is 19.5 Å². The van der Waals surface area contributed by atoms with Gasteiger partial charge in [-0.25, -0.2) is 14.4 Å². The van der Waals surface area contributed by atoms with Gasteiger partial charge in [-0.2, -0.15) is 0 Å². The van der Waals surface area contributed by atoms with Gasteiger partial charge < -0.3 is 15.8 Å². The van der Waals surface area contributed by atoms with Crippen molar-refractivity contribution in [2.24, 2.45) is 5.73 Å². The number of carbonyl (C=O) groups excluding carboxylic acids is 1. The molecule has 1 amide bonds. The third kappa shape index (κ3) is 4.38. The van der Waals surface area contributed by atoms with Crippen LogP contribution in [-0.2, 0) is 11.3 Å². The molecule has 0 aliphatic rings. The first-order valence-electron chi connectivity index (χ1n) is 8.84. The van der Waals surface area contributed by atoms with Gasteiger partial charge in [-0.1, -0.05) is 17.7 Å². The lowest BCUT2D eigenvalue weighted by Gasteiger charge is -2.23. The number of nitrogens with two attached hydrogens (primary N) is 1. The van der Waals surface area contributed by atoms with E-state index in [9.17, 15) is 9.18 Å². The van der Waals surface area contributed by atoms with E-state index in [0.29, 0.717) is 29.0 Å². The summed E-state index contributed by atoms with van der Waals surface area (Å²) in [5.74, 6) is 0.0457. The molecule has 0 unspecified atom stereocenters. The Kier molecular flexibility index (Phi) is 6.14. The van der Waals surface area contributed by atoms with Gasteiger partial charge in [0.05, 0.1) is 29.4 Å². The monoisotopic (exact) mass is 417 g/mol. The van der Waals surface area contributed by atoms with Crippen LogP contribution >= 0.6 is 11.6 Å². The number of aromatic nitrogens is 2. The van der Waals surface area contributed by atoms with Gasteiger partial charge in [0.15, 0.2) is 5.82 Å². The minimum Gasteiger partial charge on any atom is -0.496 e. The molecule has 0 saturated heterocycles. The second kappa shape index (κ2) is 8.59. The molecule has 0 spiro atoms. The van der Waals surface area contributed by atoms with E-state index in [1.54, 1.807) is 44.2 Å². The van der Waals surface area contributed by atoms with Gasteiger partial charge in [0.25, 0.3) is 0 Å². The number of likely N-dealkylation sites (N-methyl/N-ethyl adjacent to an activating group) is 1.